The minimum absolute atomic E-state index is 0.143. The number of hydrogen-bond acceptors (Lipinski definition) is 4. The lowest BCUT2D eigenvalue weighted by Crippen LogP contribution is -2.22. The number of nitrogens with one attached hydrogen (secondary N) is 1. The molecule has 1 amide bonds. The molecule has 108 valence electrons. The fourth-order valence-corrected chi connectivity index (χ4v) is 2.05. The smallest absolute Gasteiger partial charge is 0.253 e. The third-order valence-corrected chi connectivity index (χ3v) is 3.18. The Labute approximate surface area is 128 Å². The lowest BCUT2D eigenvalue weighted by Gasteiger charge is -2.07. The fourth-order valence-electron chi connectivity index (χ4n) is 2.05. The molecule has 3 aromatic heterocycles. The Kier molecular flexibility index (Phi) is 4.15. The minimum atomic E-state index is -0.143. The average Bonchev–Trinajstić information content (AvgIpc) is 2.61. The number of carbonyl (C=O) groups is 1. The van der Waals surface area contributed by atoms with Gasteiger partial charge in [-0.3, -0.25) is 19.7 Å². The number of rotatable bonds is 4. The van der Waals surface area contributed by atoms with Crippen LogP contribution in [0.3, 0.4) is 0 Å². The summed E-state index contributed by atoms with van der Waals surface area (Å²) < 4.78 is 0. The Hall–Kier alpha value is -3.08. The predicted octanol–water partition coefficient (Wildman–Crippen LogP) is 2.47. The van der Waals surface area contributed by atoms with Crippen molar-refractivity contribution in [2.75, 3.05) is 0 Å². The van der Waals surface area contributed by atoms with Gasteiger partial charge in [-0.1, -0.05) is 0 Å². The summed E-state index contributed by atoms with van der Waals surface area (Å²) in [7, 11) is 0. The number of carbonyl (C=O) groups excluding carboxylic acids is 1. The van der Waals surface area contributed by atoms with Crippen molar-refractivity contribution in [2.45, 2.75) is 6.54 Å². The predicted molar refractivity (Wildman–Crippen MR) is 82.9 cm³/mol. The lowest BCUT2D eigenvalue weighted by atomic mass is 10.1. The van der Waals surface area contributed by atoms with Crippen molar-refractivity contribution in [1.29, 1.82) is 0 Å². The Balaban J connectivity index is 1.70. The maximum absolute atomic E-state index is 12.0. The van der Waals surface area contributed by atoms with Crippen molar-refractivity contribution in [1.82, 2.24) is 20.3 Å². The maximum Gasteiger partial charge on any atom is 0.253 e. The molecular formula is C17H14N4O. The molecule has 3 rings (SSSR count). The van der Waals surface area contributed by atoms with Crippen LogP contribution in [0.5, 0.6) is 0 Å². The van der Waals surface area contributed by atoms with Gasteiger partial charge in [-0.05, 0) is 42.0 Å². The molecule has 22 heavy (non-hydrogen) atoms. The average molecular weight is 290 g/mol. The van der Waals surface area contributed by atoms with E-state index in [1.807, 2.05) is 24.3 Å². The summed E-state index contributed by atoms with van der Waals surface area (Å²) in [6.07, 6.45) is 8.38. The summed E-state index contributed by atoms with van der Waals surface area (Å²) in [6, 6.07) is 11.1. The van der Waals surface area contributed by atoms with Crippen LogP contribution in [-0.4, -0.2) is 20.9 Å². The van der Waals surface area contributed by atoms with Gasteiger partial charge < -0.3 is 5.32 Å². The molecule has 3 heterocycles. The zero-order chi connectivity index (χ0) is 15.2. The zero-order valence-electron chi connectivity index (χ0n) is 11.8. The van der Waals surface area contributed by atoms with E-state index in [0.717, 1.165) is 16.8 Å². The molecule has 0 fully saturated rings. The van der Waals surface area contributed by atoms with Crippen molar-refractivity contribution in [3.63, 3.8) is 0 Å². The van der Waals surface area contributed by atoms with Gasteiger partial charge in [0.25, 0.3) is 5.91 Å². The second kappa shape index (κ2) is 6.58. The van der Waals surface area contributed by atoms with E-state index >= 15 is 0 Å². The molecule has 0 unspecified atom stereocenters. The van der Waals surface area contributed by atoms with E-state index in [1.165, 1.54) is 0 Å². The van der Waals surface area contributed by atoms with Gasteiger partial charge in [0.05, 0.1) is 11.3 Å². The molecule has 0 aromatic carbocycles. The standard InChI is InChI=1S/C17H14N4O/c22-17(15-2-1-6-19-12-15)21-11-13-3-9-20-16(10-13)14-4-7-18-8-5-14/h1-10,12H,11H2,(H,21,22). The highest BCUT2D eigenvalue weighted by molar-refractivity contribution is 5.93. The van der Waals surface area contributed by atoms with Gasteiger partial charge in [0.15, 0.2) is 0 Å². The third-order valence-electron chi connectivity index (χ3n) is 3.18. The lowest BCUT2D eigenvalue weighted by molar-refractivity contribution is 0.0950. The molecule has 5 nitrogen and oxygen atoms in total. The summed E-state index contributed by atoms with van der Waals surface area (Å²) in [6.45, 7) is 0.439. The van der Waals surface area contributed by atoms with E-state index in [4.69, 9.17) is 0 Å². The van der Waals surface area contributed by atoms with E-state index in [-0.39, 0.29) is 5.91 Å². The van der Waals surface area contributed by atoms with E-state index in [0.29, 0.717) is 12.1 Å². The molecule has 1 N–H and O–H groups in total. The van der Waals surface area contributed by atoms with Gasteiger partial charge in [-0.15, -0.1) is 0 Å². The zero-order valence-corrected chi connectivity index (χ0v) is 11.8. The Bertz CT molecular complexity index is 760. The quantitative estimate of drug-likeness (QED) is 0.801. The summed E-state index contributed by atoms with van der Waals surface area (Å²) in [5, 5.41) is 2.87. The second-order valence-electron chi connectivity index (χ2n) is 4.71. The Morgan fingerprint density at radius 1 is 1.00 bits per heavy atom. The SMILES string of the molecule is O=C(NCc1ccnc(-c2ccncc2)c1)c1cccnc1. The van der Waals surface area contributed by atoms with Crippen LogP contribution in [0.25, 0.3) is 11.3 Å². The van der Waals surface area contributed by atoms with Crippen LogP contribution >= 0.6 is 0 Å². The van der Waals surface area contributed by atoms with Crippen molar-refractivity contribution in [3.8, 4) is 11.3 Å². The third kappa shape index (κ3) is 3.32. The first-order valence-electron chi connectivity index (χ1n) is 6.86. The molecule has 0 aliphatic heterocycles. The van der Waals surface area contributed by atoms with Crippen LogP contribution in [0.15, 0.2) is 67.4 Å². The number of aromatic nitrogens is 3. The van der Waals surface area contributed by atoms with Gasteiger partial charge >= 0.3 is 0 Å². The first-order chi connectivity index (χ1) is 10.8. The van der Waals surface area contributed by atoms with Crippen molar-refractivity contribution in [2.24, 2.45) is 0 Å². The molecule has 5 heteroatoms. The highest BCUT2D eigenvalue weighted by Crippen LogP contribution is 2.16. The second-order valence-corrected chi connectivity index (χ2v) is 4.71. The van der Waals surface area contributed by atoms with Gasteiger partial charge in [-0.25, -0.2) is 0 Å². The van der Waals surface area contributed by atoms with Gasteiger partial charge in [0, 0.05) is 43.1 Å². The number of pyridine rings is 3. The summed E-state index contributed by atoms with van der Waals surface area (Å²) in [4.78, 5) is 24.3. The fraction of sp³-hybridized carbons (Fsp3) is 0.0588. The highest BCUT2D eigenvalue weighted by atomic mass is 16.1. The molecule has 0 aliphatic carbocycles. The molecule has 0 radical (unpaired) electrons. The van der Waals surface area contributed by atoms with Crippen molar-refractivity contribution >= 4 is 5.91 Å². The number of amides is 1. The largest absolute Gasteiger partial charge is 0.348 e. The molecule has 0 atom stereocenters. The Morgan fingerprint density at radius 2 is 1.86 bits per heavy atom. The molecule has 3 aromatic rings. The van der Waals surface area contributed by atoms with Crippen molar-refractivity contribution in [3.05, 3.63) is 78.5 Å². The molecular weight excluding hydrogens is 276 g/mol. The van der Waals surface area contributed by atoms with Crippen LogP contribution in [0.1, 0.15) is 15.9 Å². The van der Waals surface area contributed by atoms with Crippen LogP contribution in [0.2, 0.25) is 0 Å². The minimum Gasteiger partial charge on any atom is -0.348 e. The molecule has 0 saturated heterocycles. The first-order valence-corrected chi connectivity index (χ1v) is 6.86. The molecule has 0 aliphatic rings. The van der Waals surface area contributed by atoms with Gasteiger partial charge in [0.1, 0.15) is 0 Å². The van der Waals surface area contributed by atoms with E-state index in [9.17, 15) is 4.79 Å². The highest BCUT2D eigenvalue weighted by Gasteiger charge is 2.05. The van der Waals surface area contributed by atoms with Crippen LogP contribution in [0.4, 0.5) is 0 Å². The monoisotopic (exact) mass is 290 g/mol. The van der Waals surface area contributed by atoms with E-state index in [2.05, 4.69) is 20.3 Å². The van der Waals surface area contributed by atoms with Crippen LogP contribution in [0, 0.1) is 0 Å². The topological polar surface area (TPSA) is 67.8 Å². The van der Waals surface area contributed by atoms with Crippen LogP contribution < -0.4 is 5.32 Å². The van der Waals surface area contributed by atoms with Gasteiger partial charge in [0.2, 0.25) is 0 Å². The van der Waals surface area contributed by atoms with E-state index < -0.39 is 0 Å². The van der Waals surface area contributed by atoms with Crippen molar-refractivity contribution < 1.29 is 4.79 Å². The van der Waals surface area contributed by atoms with E-state index in [1.54, 1.807) is 43.1 Å². The molecule has 0 saturated carbocycles. The summed E-state index contributed by atoms with van der Waals surface area (Å²) in [5.74, 6) is -0.143. The number of nitrogens with zero attached hydrogens (tertiary/aromatic N) is 3. The number of hydrogen-bond donors (Lipinski definition) is 1. The molecule has 0 bridgehead atoms. The van der Waals surface area contributed by atoms with Crippen LogP contribution in [-0.2, 0) is 6.54 Å². The first kappa shape index (κ1) is 13.9. The maximum atomic E-state index is 12.0. The summed E-state index contributed by atoms with van der Waals surface area (Å²) in [5.41, 5.74) is 3.39. The normalized spacial score (nSPS) is 10.2. The Morgan fingerprint density at radius 3 is 2.64 bits per heavy atom. The van der Waals surface area contributed by atoms with Gasteiger partial charge in [-0.2, -0.15) is 0 Å². The molecule has 0 spiro atoms. The summed E-state index contributed by atoms with van der Waals surface area (Å²) >= 11 is 0.